The number of nitrogens with zero attached hydrogens (tertiary/aromatic N) is 1. The number of aryl methyl sites for hydroxylation is 3. The maximum atomic E-state index is 13.3. The lowest BCUT2D eigenvalue weighted by atomic mass is 9.97. The molecule has 0 heterocycles. The van der Waals surface area contributed by atoms with E-state index in [-0.39, 0.29) is 18.5 Å². The Bertz CT molecular complexity index is 1460. The van der Waals surface area contributed by atoms with Crippen molar-refractivity contribution in [2.75, 3.05) is 10.6 Å². The number of sulfonamides is 1. The van der Waals surface area contributed by atoms with Crippen LogP contribution in [0.25, 0.3) is 0 Å². The van der Waals surface area contributed by atoms with E-state index in [0.717, 1.165) is 33.4 Å². The van der Waals surface area contributed by atoms with Gasteiger partial charge in [0.1, 0.15) is 0 Å². The van der Waals surface area contributed by atoms with E-state index >= 15 is 0 Å². The van der Waals surface area contributed by atoms with E-state index in [0.29, 0.717) is 11.3 Å². The average Bonchev–Trinajstić information content (AvgIpc) is 2.87. The molecule has 0 aliphatic carbocycles. The summed E-state index contributed by atoms with van der Waals surface area (Å²) in [6, 6.07) is 30.6. The van der Waals surface area contributed by atoms with Crippen LogP contribution in [0.15, 0.2) is 97.1 Å². The molecule has 4 rings (SSSR count). The second kappa shape index (κ2) is 11.0. The van der Waals surface area contributed by atoms with Gasteiger partial charge < -0.3 is 5.32 Å². The molecule has 0 aromatic heterocycles. The van der Waals surface area contributed by atoms with E-state index in [2.05, 4.69) is 5.32 Å². The average molecular weight is 513 g/mol. The molecule has 0 saturated carbocycles. The Kier molecular flexibility index (Phi) is 7.79. The maximum absolute atomic E-state index is 13.3. The summed E-state index contributed by atoms with van der Waals surface area (Å²) in [6.07, 6.45) is 1.22. The number of carbonyl (C=O) groups excluding carboxylic acids is 1. The molecule has 0 unspecified atom stereocenters. The van der Waals surface area contributed by atoms with Gasteiger partial charge in [0.2, 0.25) is 10.0 Å². The number of carbonyl (C=O) groups is 1. The molecule has 0 aliphatic heterocycles. The van der Waals surface area contributed by atoms with Crippen molar-refractivity contribution in [3.63, 3.8) is 0 Å². The predicted molar refractivity (Wildman–Crippen MR) is 150 cm³/mol. The van der Waals surface area contributed by atoms with Crippen LogP contribution in [0.2, 0.25) is 0 Å². The van der Waals surface area contributed by atoms with Gasteiger partial charge in [0.25, 0.3) is 5.91 Å². The van der Waals surface area contributed by atoms with Crippen molar-refractivity contribution >= 4 is 21.6 Å². The first-order valence-electron chi connectivity index (χ1n) is 12.2. The third kappa shape index (κ3) is 6.27. The first-order chi connectivity index (χ1) is 17.6. The molecular formula is C31H32N2O3S. The van der Waals surface area contributed by atoms with Gasteiger partial charge in [0.05, 0.1) is 24.5 Å². The first-order valence-corrected chi connectivity index (χ1v) is 14.0. The Morgan fingerprint density at radius 3 is 1.89 bits per heavy atom. The minimum absolute atomic E-state index is 0.183. The lowest BCUT2D eigenvalue weighted by Crippen LogP contribution is -2.31. The fraction of sp³-hybridized carbons (Fsp3) is 0.194. The predicted octanol–water partition coefficient (Wildman–Crippen LogP) is 6.10. The van der Waals surface area contributed by atoms with Crippen LogP contribution < -0.4 is 9.62 Å². The van der Waals surface area contributed by atoms with Crippen LogP contribution in [0.5, 0.6) is 0 Å². The molecule has 0 radical (unpaired) electrons. The van der Waals surface area contributed by atoms with Crippen LogP contribution in [0.3, 0.4) is 0 Å². The summed E-state index contributed by atoms with van der Waals surface area (Å²) in [5.74, 6) is -0.198. The van der Waals surface area contributed by atoms with E-state index < -0.39 is 10.0 Å². The van der Waals surface area contributed by atoms with Crippen LogP contribution in [0.1, 0.15) is 49.8 Å². The topological polar surface area (TPSA) is 66.5 Å². The molecule has 1 amide bonds. The minimum Gasteiger partial charge on any atom is -0.341 e. The van der Waals surface area contributed by atoms with E-state index in [9.17, 15) is 13.2 Å². The zero-order chi connectivity index (χ0) is 26.6. The molecule has 0 spiro atoms. The second-order valence-corrected chi connectivity index (χ2v) is 11.3. The summed E-state index contributed by atoms with van der Waals surface area (Å²) in [5.41, 5.74) is 6.93. The number of para-hydroxylation sites is 1. The van der Waals surface area contributed by atoms with Crippen molar-refractivity contribution in [2.24, 2.45) is 0 Å². The smallest absolute Gasteiger partial charge is 0.252 e. The molecule has 0 bridgehead atoms. The van der Waals surface area contributed by atoms with Crippen molar-refractivity contribution < 1.29 is 13.2 Å². The molecule has 4 aromatic rings. The molecule has 0 saturated heterocycles. The van der Waals surface area contributed by atoms with Crippen LogP contribution in [0, 0.1) is 20.8 Å². The van der Waals surface area contributed by atoms with Crippen molar-refractivity contribution in [1.82, 2.24) is 5.32 Å². The Hall–Kier alpha value is -3.90. The zero-order valence-corrected chi connectivity index (χ0v) is 22.4. The molecular weight excluding hydrogens is 480 g/mol. The summed E-state index contributed by atoms with van der Waals surface area (Å²) >= 11 is 0. The third-order valence-electron chi connectivity index (χ3n) is 6.45. The van der Waals surface area contributed by atoms with Crippen molar-refractivity contribution in [3.05, 3.63) is 136 Å². The van der Waals surface area contributed by atoms with Crippen LogP contribution in [-0.4, -0.2) is 20.6 Å². The van der Waals surface area contributed by atoms with Gasteiger partial charge >= 0.3 is 0 Å². The fourth-order valence-electron chi connectivity index (χ4n) is 4.47. The molecule has 0 fully saturated rings. The number of hydrogen-bond donors (Lipinski definition) is 1. The van der Waals surface area contributed by atoms with Crippen LogP contribution in [-0.2, 0) is 16.6 Å². The Morgan fingerprint density at radius 1 is 0.757 bits per heavy atom. The van der Waals surface area contributed by atoms with E-state index in [1.165, 1.54) is 10.6 Å². The molecule has 5 nitrogen and oxygen atoms in total. The second-order valence-electron chi connectivity index (χ2n) is 9.43. The van der Waals surface area contributed by atoms with Crippen LogP contribution >= 0.6 is 0 Å². The molecule has 4 aromatic carbocycles. The maximum Gasteiger partial charge on any atom is 0.252 e. The minimum atomic E-state index is -3.51. The number of benzene rings is 4. The van der Waals surface area contributed by atoms with E-state index in [1.54, 1.807) is 12.1 Å². The Labute approximate surface area is 219 Å². The highest BCUT2D eigenvalue weighted by atomic mass is 32.2. The lowest BCUT2D eigenvalue weighted by molar-refractivity contribution is 0.0943. The lowest BCUT2D eigenvalue weighted by Gasteiger charge is -2.26. The normalized spacial score (nSPS) is 12.1. The summed E-state index contributed by atoms with van der Waals surface area (Å²) in [5, 5.41) is 3.17. The standard InChI is InChI=1S/C31H32N2O3S/c1-22-13-17-27(18-14-22)29(26-11-6-5-7-12-26)32-31(34)28-19-15-25(16-20-28)21-33(37(4,35)36)30-23(2)9-8-10-24(30)3/h5-20,29H,21H2,1-4H3,(H,32,34)/t29-/m1/s1. The number of rotatable bonds is 8. The number of hydrogen-bond acceptors (Lipinski definition) is 3. The summed E-state index contributed by atoms with van der Waals surface area (Å²) in [6.45, 7) is 6.03. The number of anilines is 1. The fourth-order valence-corrected chi connectivity index (χ4v) is 5.47. The molecule has 37 heavy (non-hydrogen) atoms. The van der Waals surface area contributed by atoms with Crippen LogP contribution in [0.4, 0.5) is 5.69 Å². The van der Waals surface area contributed by atoms with Gasteiger partial charge in [0, 0.05) is 5.56 Å². The first kappa shape index (κ1) is 26.2. The molecule has 0 aliphatic rings. The van der Waals surface area contributed by atoms with Gasteiger partial charge in [-0.1, -0.05) is 90.5 Å². The Morgan fingerprint density at radius 2 is 1.32 bits per heavy atom. The Balaban J connectivity index is 1.57. The SMILES string of the molecule is Cc1ccc([C@H](NC(=O)c2ccc(CN(c3c(C)cccc3C)S(C)(=O)=O)cc2)c2ccccc2)cc1. The van der Waals surface area contributed by atoms with Gasteiger partial charge in [-0.15, -0.1) is 0 Å². The third-order valence-corrected chi connectivity index (χ3v) is 7.56. The van der Waals surface area contributed by atoms with Crippen molar-refractivity contribution in [3.8, 4) is 0 Å². The van der Waals surface area contributed by atoms with Gasteiger partial charge in [-0.25, -0.2) is 8.42 Å². The summed E-state index contributed by atoms with van der Waals surface area (Å²) in [7, 11) is -3.51. The summed E-state index contributed by atoms with van der Waals surface area (Å²) < 4.78 is 26.8. The quantitative estimate of drug-likeness (QED) is 0.310. The monoisotopic (exact) mass is 512 g/mol. The highest BCUT2D eigenvalue weighted by molar-refractivity contribution is 7.92. The van der Waals surface area contributed by atoms with Gasteiger partial charge in [-0.05, 0) is 60.7 Å². The highest BCUT2D eigenvalue weighted by Gasteiger charge is 2.22. The van der Waals surface area contributed by atoms with Gasteiger partial charge in [0.15, 0.2) is 0 Å². The van der Waals surface area contributed by atoms with Gasteiger partial charge in [-0.2, -0.15) is 0 Å². The molecule has 1 atom stereocenters. The zero-order valence-electron chi connectivity index (χ0n) is 21.6. The number of nitrogens with one attached hydrogen (secondary N) is 1. The molecule has 190 valence electrons. The molecule has 1 N–H and O–H groups in total. The largest absolute Gasteiger partial charge is 0.341 e. The highest BCUT2D eigenvalue weighted by Crippen LogP contribution is 2.29. The number of amides is 1. The van der Waals surface area contributed by atoms with E-state index in [4.69, 9.17) is 0 Å². The summed E-state index contributed by atoms with van der Waals surface area (Å²) in [4.78, 5) is 13.3. The van der Waals surface area contributed by atoms with Gasteiger partial charge in [-0.3, -0.25) is 9.10 Å². The van der Waals surface area contributed by atoms with E-state index in [1.807, 2.05) is 106 Å². The molecule has 6 heteroatoms. The van der Waals surface area contributed by atoms with Crippen molar-refractivity contribution in [1.29, 1.82) is 0 Å². The van der Waals surface area contributed by atoms with Crippen molar-refractivity contribution in [2.45, 2.75) is 33.4 Å².